The first-order chi connectivity index (χ1) is 11.8. The van der Waals surface area contributed by atoms with Crippen molar-refractivity contribution in [2.75, 3.05) is 6.54 Å². The average molecular weight is 323 g/mol. The highest BCUT2D eigenvalue weighted by Gasteiger charge is 2.25. The Labute approximate surface area is 138 Å². The molecule has 122 valence electrons. The van der Waals surface area contributed by atoms with Crippen LogP contribution in [-0.4, -0.2) is 42.9 Å². The normalized spacial score (nSPS) is 13.6. The molecule has 1 aliphatic heterocycles. The minimum absolute atomic E-state index is 0.114. The number of carbonyl (C=O) groups excluding carboxylic acids is 1. The summed E-state index contributed by atoms with van der Waals surface area (Å²) in [5, 5.41) is 18.0. The molecule has 3 N–H and O–H groups in total. The number of amides is 2. The first-order valence-electron chi connectivity index (χ1n) is 7.80. The number of nitrogens with one attached hydrogen (secondary N) is 3. The lowest BCUT2D eigenvalue weighted by molar-refractivity contribution is 0.191. The number of hydrogen-bond acceptors (Lipinski definition) is 4. The van der Waals surface area contributed by atoms with E-state index in [9.17, 15) is 4.79 Å². The van der Waals surface area contributed by atoms with Gasteiger partial charge in [0.15, 0.2) is 0 Å². The third-order valence-electron chi connectivity index (χ3n) is 4.14. The Morgan fingerprint density at radius 3 is 2.96 bits per heavy atom. The monoisotopic (exact) mass is 323 g/mol. The SMILES string of the molecule is O=C(NCc1nnc[nH]1)N1CCc2[nH]nc(-c3ccccc3)c2C1. The van der Waals surface area contributed by atoms with E-state index < -0.39 is 0 Å². The Kier molecular flexibility index (Phi) is 3.70. The quantitative estimate of drug-likeness (QED) is 0.679. The molecule has 2 aromatic heterocycles. The van der Waals surface area contributed by atoms with Gasteiger partial charge in [-0.05, 0) is 0 Å². The molecule has 0 radical (unpaired) electrons. The molecule has 0 saturated heterocycles. The Hall–Kier alpha value is -3.16. The summed E-state index contributed by atoms with van der Waals surface area (Å²) < 4.78 is 0. The molecule has 0 aliphatic carbocycles. The highest BCUT2D eigenvalue weighted by Crippen LogP contribution is 2.28. The number of aromatic amines is 2. The third kappa shape index (κ3) is 2.73. The van der Waals surface area contributed by atoms with Crippen molar-refractivity contribution in [3.8, 4) is 11.3 Å². The zero-order valence-electron chi connectivity index (χ0n) is 13.0. The highest BCUT2D eigenvalue weighted by atomic mass is 16.2. The van der Waals surface area contributed by atoms with E-state index in [1.54, 1.807) is 4.90 Å². The standard InChI is InChI=1S/C16H17N7O/c24-16(17-8-14-18-10-19-21-14)23-7-6-13-12(9-23)15(22-20-13)11-4-2-1-3-5-11/h1-5,10H,6-9H2,(H,17,24)(H,20,22)(H,18,19,21). The second kappa shape index (κ2) is 6.15. The van der Waals surface area contributed by atoms with Crippen LogP contribution in [0.1, 0.15) is 17.1 Å². The molecule has 24 heavy (non-hydrogen) atoms. The molecule has 1 aliphatic rings. The highest BCUT2D eigenvalue weighted by molar-refractivity contribution is 5.75. The van der Waals surface area contributed by atoms with Gasteiger partial charge in [0.2, 0.25) is 0 Å². The second-order valence-corrected chi connectivity index (χ2v) is 5.66. The molecule has 0 unspecified atom stereocenters. The van der Waals surface area contributed by atoms with Crippen LogP contribution in [0.5, 0.6) is 0 Å². The number of nitrogens with zero attached hydrogens (tertiary/aromatic N) is 4. The van der Waals surface area contributed by atoms with Gasteiger partial charge in [0.1, 0.15) is 12.2 Å². The van der Waals surface area contributed by atoms with Crippen LogP contribution in [0.15, 0.2) is 36.7 Å². The molecular weight excluding hydrogens is 306 g/mol. The summed E-state index contributed by atoms with van der Waals surface area (Å²) in [5.41, 5.74) is 4.16. The van der Waals surface area contributed by atoms with Gasteiger partial charge in [-0.25, -0.2) is 4.79 Å². The van der Waals surface area contributed by atoms with Crippen LogP contribution in [0.3, 0.4) is 0 Å². The Balaban J connectivity index is 1.49. The van der Waals surface area contributed by atoms with E-state index in [2.05, 4.69) is 30.7 Å². The summed E-state index contributed by atoms with van der Waals surface area (Å²) in [5.74, 6) is 0.634. The minimum atomic E-state index is -0.114. The van der Waals surface area contributed by atoms with Gasteiger partial charge in [0, 0.05) is 29.8 Å². The predicted octanol–water partition coefficient (Wildman–Crippen LogP) is 1.46. The maximum atomic E-state index is 12.4. The maximum Gasteiger partial charge on any atom is 0.318 e. The molecule has 4 rings (SSSR count). The molecular formula is C16H17N7O. The topological polar surface area (TPSA) is 103 Å². The molecule has 8 heteroatoms. The van der Waals surface area contributed by atoms with Crippen molar-refractivity contribution in [2.45, 2.75) is 19.5 Å². The van der Waals surface area contributed by atoms with Crippen LogP contribution in [-0.2, 0) is 19.5 Å². The van der Waals surface area contributed by atoms with E-state index in [1.165, 1.54) is 6.33 Å². The van der Waals surface area contributed by atoms with Gasteiger partial charge in [-0.15, -0.1) is 10.2 Å². The zero-order valence-corrected chi connectivity index (χ0v) is 13.0. The zero-order chi connectivity index (χ0) is 16.4. The van der Waals surface area contributed by atoms with Crippen molar-refractivity contribution in [2.24, 2.45) is 0 Å². The number of H-pyrrole nitrogens is 2. The minimum Gasteiger partial charge on any atom is -0.331 e. The van der Waals surface area contributed by atoms with Crippen molar-refractivity contribution in [1.29, 1.82) is 0 Å². The smallest absolute Gasteiger partial charge is 0.318 e. The summed E-state index contributed by atoms with van der Waals surface area (Å²) >= 11 is 0. The lowest BCUT2D eigenvalue weighted by Gasteiger charge is -2.27. The molecule has 3 heterocycles. The predicted molar refractivity (Wildman–Crippen MR) is 86.8 cm³/mol. The molecule has 0 spiro atoms. The van der Waals surface area contributed by atoms with Gasteiger partial charge in [-0.2, -0.15) is 5.10 Å². The van der Waals surface area contributed by atoms with Crippen LogP contribution >= 0.6 is 0 Å². The van der Waals surface area contributed by atoms with Crippen LogP contribution < -0.4 is 5.32 Å². The number of fused-ring (bicyclic) bond motifs is 1. The van der Waals surface area contributed by atoms with Crippen molar-refractivity contribution in [1.82, 2.24) is 35.6 Å². The van der Waals surface area contributed by atoms with Gasteiger partial charge < -0.3 is 15.2 Å². The van der Waals surface area contributed by atoms with E-state index in [4.69, 9.17) is 0 Å². The summed E-state index contributed by atoms with van der Waals surface area (Å²) in [6.45, 7) is 1.53. The summed E-state index contributed by atoms with van der Waals surface area (Å²) in [6.07, 6.45) is 2.26. The first-order valence-corrected chi connectivity index (χ1v) is 7.80. The average Bonchev–Trinajstić information content (AvgIpc) is 3.29. The van der Waals surface area contributed by atoms with E-state index in [1.807, 2.05) is 30.3 Å². The van der Waals surface area contributed by atoms with E-state index in [-0.39, 0.29) is 6.03 Å². The Morgan fingerprint density at radius 1 is 1.29 bits per heavy atom. The van der Waals surface area contributed by atoms with E-state index in [0.29, 0.717) is 25.5 Å². The molecule has 1 aromatic carbocycles. The number of aromatic nitrogens is 5. The van der Waals surface area contributed by atoms with Crippen LogP contribution in [0, 0.1) is 0 Å². The molecule has 0 atom stereocenters. The van der Waals surface area contributed by atoms with Crippen LogP contribution in [0.25, 0.3) is 11.3 Å². The number of urea groups is 1. The maximum absolute atomic E-state index is 12.4. The Morgan fingerprint density at radius 2 is 2.17 bits per heavy atom. The van der Waals surface area contributed by atoms with Gasteiger partial charge in [0.05, 0.1) is 18.8 Å². The third-order valence-corrected chi connectivity index (χ3v) is 4.14. The lowest BCUT2D eigenvalue weighted by Crippen LogP contribution is -2.42. The van der Waals surface area contributed by atoms with Gasteiger partial charge in [-0.3, -0.25) is 5.10 Å². The van der Waals surface area contributed by atoms with Gasteiger partial charge >= 0.3 is 6.03 Å². The second-order valence-electron chi connectivity index (χ2n) is 5.66. The van der Waals surface area contributed by atoms with E-state index >= 15 is 0 Å². The van der Waals surface area contributed by atoms with Crippen molar-refractivity contribution in [3.05, 3.63) is 53.7 Å². The number of rotatable bonds is 3. The largest absolute Gasteiger partial charge is 0.331 e. The number of carbonyl (C=O) groups is 1. The van der Waals surface area contributed by atoms with Crippen molar-refractivity contribution in [3.63, 3.8) is 0 Å². The number of hydrogen-bond donors (Lipinski definition) is 3. The van der Waals surface area contributed by atoms with Crippen LogP contribution in [0.4, 0.5) is 4.79 Å². The van der Waals surface area contributed by atoms with E-state index in [0.717, 1.165) is 28.9 Å². The fraction of sp³-hybridized carbons (Fsp3) is 0.250. The van der Waals surface area contributed by atoms with Crippen molar-refractivity contribution < 1.29 is 4.79 Å². The lowest BCUT2D eigenvalue weighted by atomic mass is 10.0. The van der Waals surface area contributed by atoms with Gasteiger partial charge in [-0.1, -0.05) is 30.3 Å². The molecule has 3 aromatic rings. The van der Waals surface area contributed by atoms with Crippen molar-refractivity contribution >= 4 is 6.03 Å². The molecule has 0 fully saturated rings. The first kappa shape index (κ1) is 14.4. The molecule has 0 bridgehead atoms. The van der Waals surface area contributed by atoms with Crippen LogP contribution in [0.2, 0.25) is 0 Å². The summed E-state index contributed by atoms with van der Waals surface area (Å²) in [4.78, 5) is 17.1. The number of benzene rings is 1. The fourth-order valence-corrected chi connectivity index (χ4v) is 2.89. The Bertz CT molecular complexity index is 826. The summed E-state index contributed by atoms with van der Waals surface area (Å²) in [7, 11) is 0. The van der Waals surface area contributed by atoms with Gasteiger partial charge in [0.25, 0.3) is 0 Å². The molecule has 8 nitrogen and oxygen atoms in total. The molecule has 2 amide bonds. The summed E-state index contributed by atoms with van der Waals surface area (Å²) in [6, 6.07) is 9.89. The molecule has 0 saturated carbocycles. The fourth-order valence-electron chi connectivity index (χ4n) is 2.89.